The molecule has 0 radical (unpaired) electrons. The number of anilines is 3. The number of nitrogens with zero attached hydrogens (tertiary/aromatic N) is 1. The van der Waals surface area contributed by atoms with Crippen LogP contribution in [0.3, 0.4) is 0 Å². The number of aryl methyl sites for hydroxylation is 1. The Hall–Kier alpha value is -2.56. The number of carbonyl (C=O) groups excluding carboxylic acids is 1. The summed E-state index contributed by atoms with van der Waals surface area (Å²) in [6.07, 6.45) is 3.33. The van der Waals surface area contributed by atoms with Crippen LogP contribution < -0.4 is 15.4 Å². The molecule has 5 nitrogen and oxygen atoms in total. The van der Waals surface area contributed by atoms with Crippen molar-refractivity contribution in [3.63, 3.8) is 0 Å². The van der Waals surface area contributed by atoms with Crippen molar-refractivity contribution >= 4 is 23.1 Å². The van der Waals surface area contributed by atoms with E-state index in [1.165, 1.54) is 0 Å². The molecular weight excluding hydrogens is 302 g/mol. The molecule has 2 aromatic rings. The van der Waals surface area contributed by atoms with Gasteiger partial charge in [0.15, 0.2) is 0 Å². The molecule has 0 aliphatic rings. The monoisotopic (exact) mass is 327 g/mol. The highest BCUT2D eigenvalue weighted by molar-refractivity contribution is 5.92. The number of ether oxygens (including phenoxy) is 1. The summed E-state index contributed by atoms with van der Waals surface area (Å²) in [6.45, 7) is 6.07. The summed E-state index contributed by atoms with van der Waals surface area (Å²) in [5.41, 5.74) is 2.69. The first-order valence-electron chi connectivity index (χ1n) is 8.26. The number of carbonyl (C=O) groups is 1. The predicted molar refractivity (Wildman–Crippen MR) is 98.0 cm³/mol. The highest BCUT2D eigenvalue weighted by Crippen LogP contribution is 2.28. The van der Waals surface area contributed by atoms with Gasteiger partial charge in [-0.1, -0.05) is 19.9 Å². The van der Waals surface area contributed by atoms with E-state index in [4.69, 9.17) is 4.74 Å². The third-order valence-corrected chi connectivity index (χ3v) is 4.01. The van der Waals surface area contributed by atoms with E-state index in [9.17, 15) is 4.79 Å². The second-order valence-corrected chi connectivity index (χ2v) is 5.76. The number of methoxy groups -OCH3 is 1. The van der Waals surface area contributed by atoms with E-state index in [0.717, 1.165) is 29.8 Å². The van der Waals surface area contributed by atoms with Gasteiger partial charge in [-0.25, -0.2) is 4.98 Å². The van der Waals surface area contributed by atoms with Gasteiger partial charge in [0, 0.05) is 5.92 Å². The van der Waals surface area contributed by atoms with Crippen LogP contribution in [0.25, 0.3) is 0 Å². The third-order valence-electron chi connectivity index (χ3n) is 4.01. The summed E-state index contributed by atoms with van der Waals surface area (Å²) in [7, 11) is 1.64. The van der Waals surface area contributed by atoms with Crippen LogP contribution in [0.4, 0.5) is 17.2 Å². The van der Waals surface area contributed by atoms with Gasteiger partial charge in [0.05, 0.1) is 24.7 Å². The molecule has 0 saturated carbocycles. The normalized spacial score (nSPS) is 10.5. The van der Waals surface area contributed by atoms with Crippen molar-refractivity contribution in [2.75, 3.05) is 17.7 Å². The zero-order valence-electron chi connectivity index (χ0n) is 14.7. The van der Waals surface area contributed by atoms with Crippen LogP contribution in [0.5, 0.6) is 5.75 Å². The van der Waals surface area contributed by atoms with Crippen molar-refractivity contribution in [2.24, 2.45) is 5.92 Å². The fourth-order valence-electron chi connectivity index (χ4n) is 2.50. The molecular formula is C19H25N3O2. The smallest absolute Gasteiger partial charge is 0.227 e. The van der Waals surface area contributed by atoms with Gasteiger partial charge in [0.1, 0.15) is 11.6 Å². The topological polar surface area (TPSA) is 63.2 Å². The molecule has 1 aromatic carbocycles. The van der Waals surface area contributed by atoms with Crippen molar-refractivity contribution in [3.05, 3.63) is 42.1 Å². The molecule has 0 aliphatic carbocycles. The zero-order chi connectivity index (χ0) is 17.5. The lowest BCUT2D eigenvalue weighted by atomic mass is 10.0. The van der Waals surface area contributed by atoms with Gasteiger partial charge < -0.3 is 15.4 Å². The van der Waals surface area contributed by atoms with E-state index in [2.05, 4.69) is 15.6 Å². The SMILES string of the molecule is CCC(CC)C(=O)Nc1ccc(Nc2cc(C)ccc2OC)nc1. The largest absolute Gasteiger partial charge is 0.495 e. The average molecular weight is 327 g/mol. The molecule has 0 unspecified atom stereocenters. The standard InChI is InChI=1S/C19H25N3O2/c1-5-14(6-2)19(23)21-15-8-10-18(20-12-15)22-16-11-13(3)7-9-17(16)24-4/h7-12,14H,5-6H2,1-4H3,(H,20,22)(H,21,23). The predicted octanol–water partition coefficient (Wildman–Crippen LogP) is 4.52. The van der Waals surface area contributed by atoms with Gasteiger partial charge in [-0.05, 0) is 49.6 Å². The summed E-state index contributed by atoms with van der Waals surface area (Å²) in [6, 6.07) is 9.60. The fraction of sp³-hybridized carbons (Fsp3) is 0.368. The van der Waals surface area contributed by atoms with Gasteiger partial charge in [-0.3, -0.25) is 4.79 Å². The lowest BCUT2D eigenvalue weighted by molar-refractivity contribution is -0.120. The Bertz CT molecular complexity index is 680. The molecule has 24 heavy (non-hydrogen) atoms. The molecule has 1 amide bonds. The van der Waals surface area contributed by atoms with Crippen LogP contribution in [0.1, 0.15) is 32.3 Å². The Morgan fingerprint density at radius 2 is 1.96 bits per heavy atom. The maximum Gasteiger partial charge on any atom is 0.227 e. The Morgan fingerprint density at radius 1 is 1.21 bits per heavy atom. The lowest BCUT2D eigenvalue weighted by Gasteiger charge is -2.14. The van der Waals surface area contributed by atoms with E-state index >= 15 is 0 Å². The molecule has 2 rings (SSSR count). The van der Waals surface area contributed by atoms with Gasteiger partial charge in [0.2, 0.25) is 5.91 Å². The van der Waals surface area contributed by atoms with Crippen molar-refractivity contribution in [1.29, 1.82) is 0 Å². The summed E-state index contributed by atoms with van der Waals surface area (Å²) < 4.78 is 5.35. The van der Waals surface area contributed by atoms with Gasteiger partial charge >= 0.3 is 0 Å². The lowest BCUT2D eigenvalue weighted by Crippen LogP contribution is -2.21. The van der Waals surface area contributed by atoms with E-state index in [1.807, 2.05) is 51.1 Å². The van der Waals surface area contributed by atoms with E-state index in [-0.39, 0.29) is 11.8 Å². The van der Waals surface area contributed by atoms with Crippen LogP contribution >= 0.6 is 0 Å². The summed E-state index contributed by atoms with van der Waals surface area (Å²) in [4.78, 5) is 16.5. The summed E-state index contributed by atoms with van der Waals surface area (Å²) >= 11 is 0. The molecule has 0 saturated heterocycles. The van der Waals surface area contributed by atoms with E-state index in [0.29, 0.717) is 11.5 Å². The third kappa shape index (κ3) is 4.47. The quantitative estimate of drug-likeness (QED) is 0.785. The summed E-state index contributed by atoms with van der Waals surface area (Å²) in [5, 5.41) is 6.15. The minimum Gasteiger partial charge on any atom is -0.495 e. The van der Waals surface area contributed by atoms with E-state index < -0.39 is 0 Å². The van der Waals surface area contributed by atoms with Gasteiger partial charge in [0.25, 0.3) is 0 Å². The molecule has 5 heteroatoms. The molecule has 0 spiro atoms. The zero-order valence-corrected chi connectivity index (χ0v) is 14.7. The minimum atomic E-state index is 0.0411. The number of hydrogen-bond acceptors (Lipinski definition) is 4. The highest BCUT2D eigenvalue weighted by Gasteiger charge is 2.14. The van der Waals surface area contributed by atoms with Crippen LogP contribution in [0, 0.1) is 12.8 Å². The number of aromatic nitrogens is 1. The van der Waals surface area contributed by atoms with Crippen molar-refractivity contribution < 1.29 is 9.53 Å². The first kappa shape index (κ1) is 17.8. The molecule has 1 heterocycles. The number of amides is 1. The Morgan fingerprint density at radius 3 is 2.54 bits per heavy atom. The Kier molecular flexibility index (Phi) is 6.18. The number of benzene rings is 1. The minimum absolute atomic E-state index is 0.0411. The number of nitrogens with one attached hydrogen (secondary N) is 2. The molecule has 2 N–H and O–H groups in total. The summed E-state index contributed by atoms with van der Waals surface area (Å²) in [5.74, 6) is 1.54. The van der Waals surface area contributed by atoms with Gasteiger partial charge in [-0.2, -0.15) is 0 Å². The van der Waals surface area contributed by atoms with Crippen molar-refractivity contribution in [1.82, 2.24) is 4.98 Å². The first-order chi connectivity index (χ1) is 11.6. The Balaban J connectivity index is 2.07. The maximum absolute atomic E-state index is 12.1. The van der Waals surface area contributed by atoms with Crippen LogP contribution in [-0.2, 0) is 4.79 Å². The highest BCUT2D eigenvalue weighted by atomic mass is 16.5. The molecule has 0 atom stereocenters. The van der Waals surface area contributed by atoms with Crippen LogP contribution in [0.2, 0.25) is 0 Å². The van der Waals surface area contributed by atoms with Gasteiger partial charge in [-0.15, -0.1) is 0 Å². The van der Waals surface area contributed by atoms with Crippen molar-refractivity contribution in [3.8, 4) is 5.75 Å². The average Bonchev–Trinajstić information content (AvgIpc) is 2.58. The maximum atomic E-state index is 12.1. The first-order valence-corrected chi connectivity index (χ1v) is 8.26. The van der Waals surface area contributed by atoms with Crippen molar-refractivity contribution in [2.45, 2.75) is 33.6 Å². The molecule has 128 valence electrons. The van der Waals surface area contributed by atoms with E-state index in [1.54, 1.807) is 13.3 Å². The second kappa shape index (κ2) is 8.34. The molecule has 0 aliphatic heterocycles. The molecule has 1 aromatic heterocycles. The van der Waals surface area contributed by atoms with Crippen LogP contribution in [0.15, 0.2) is 36.5 Å². The number of rotatable bonds is 7. The fourth-order valence-corrected chi connectivity index (χ4v) is 2.50. The second-order valence-electron chi connectivity index (χ2n) is 5.76. The number of hydrogen-bond donors (Lipinski definition) is 2. The number of pyridine rings is 1. The molecule has 0 bridgehead atoms. The molecule has 0 fully saturated rings. The van der Waals surface area contributed by atoms with Crippen LogP contribution in [-0.4, -0.2) is 18.0 Å². The Labute approximate surface area is 143 Å².